The molecule has 0 amide bonds. The molecule has 4 nitrogen and oxygen atoms in total. The van der Waals surface area contributed by atoms with Crippen molar-refractivity contribution in [2.75, 3.05) is 7.11 Å². The first-order chi connectivity index (χ1) is 9.72. The van der Waals surface area contributed by atoms with Gasteiger partial charge in [-0.2, -0.15) is 24.3 Å². The fraction of sp³-hybridized carbons (Fsp3) is 0.118. The van der Waals surface area contributed by atoms with E-state index >= 15 is 0 Å². The van der Waals surface area contributed by atoms with Gasteiger partial charge in [-0.05, 0) is 23.8 Å². The Morgan fingerprint density at radius 2 is 1.83 bits per heavy atom. The van der Waals surface area contributed by atoms with E-state index in [9.17, 15) is 5.11 Å². The summed E-state index contributed by atoms with van der Waals surface area (Å²) in [6, 6.07) is 13.2. The average molecular weight is 329 g/mol. The number of aliphatic hydroxyl groups excluding tert-OH is 1. The van der Waals surface area contributed by atoms with Gasteiger partial charge in [-0.15, -0.1) is 16.9 Å². The largest absolute Gasteiger partial charge is 1.00 e. The molecule has 0 aromatic heterocycles. The molecule has 2 N–H and O–H groups in total. The molecule has 0 atom stereocenters. The summed E-state index contributed by atoms with van der Waals surface area (Å²) in [5, 5.41) is 20.4. The minimum Gasteiger partial charge on any atom is -0.870 e. The van der Waals surface area contributed by atoms with Gasteiger partial charge in [-0.1, -0.05) is 17.9 Å². The van der Waals surface area contributed by atoms with Gasteiger partial charge >= 0.3 is 59.1 Å². The molecule has 0 aliphatic carbocycles. The van der Waals surface area contributed by atoms with Crippen LogP contribution in [0, 0.1) is 6.07 Å². The van der Waals surface area contributed by atoms with Crippen LogP contribution in [-0.2, 0) is 6.61 Å². The standard InChI is InChI=1S/C17H15O3.2Na.H2O/c1-20-17-11-14(8-9-16(17)19)6-2-4-13-5-3-7-15(10-13)12-18;;;/h3-6,8-11,18-19H,12H2,1H3;;;1H2/q-1;2*+1;/p-2. The van der Waals surface area contributed by atoms with Crippen LogP contribution in [0.2, 0.25) is 0 Å². The smallest absolute Gasteiger partial charge is 0.870 e. The zero-order valence-electron chi connectivity index (χ0n) is 13.5. The molecule has 0 saturated carbocycles. The van der Waals surface area contributed by atoms with Gasteiger partial charge < -0.3 is 20.4 Å². The summed E-state index contributed by atoms with van der Waals surface area (Å²) in [7, 11) is 1.47. The number of rotatable bonds is 4. The topological polar surface area (TPSA) is 82.5 Å². The van der Waals surface area contributed by atoms with E-state index in [0.717, 1.165) is 16.7 Å². The average Bonchev–Trinajstić information content (AvgIpc) is 2.49. The fourth-order valence-corrected chi connectivity index (χ4v) is 1.73. The van der Waals surface area contributed by atoms with E-state index in [1.807, 2.05) is 12.1 Å². The van der Waals surface area contributed by atoms with Crippen LogP contribution in [0.3, 0.4) is 0 Å². The maximum absolute atomic E-state index is 11.4. The first-order valence-electron chi connectivity index (χ1n) is 6.12. The summed E-state index contributed by atoms with van der Waals surface area (Å²) in [4.78, 5) is 0. The molecule has 0 unspecified atom stereocenters. The van der Waals surface area contributed by atoms with E-state index < -0.39 is 0 Å². The van der Waals surface area contributed by atoms with E-state index in [2.05, 4.69) is 11.8 Å². The monoisotopic (exact) mass is 329 g/mol. The van der Waals surface area contributed by atoms with Gasteiger partial charge in [0.1, 0.15) is 5.75 Å². The Labute approximate surface area is 180 Å². The van der Waals surface area contributed by atoms with Crippen LogP contribution in [-0.4, -0.2) is 17.7 Å². The van der Waals surface area contributed by atoms with Gasteiger partial charge in [-0.3, -0.25) is 0 Å². The molecule has 2 aromatic rings. The van der Waals surface area contributed by atoms with Crippen molar-refractivity contribution >= 4 is 12.2 Å². The maximum Gasteiger partial charge on any atom is 1.00 e. The maximum atomic E-state index is 11.4. The van der Waals surface area contributed by atoms with Gasteiger partial charge in [0.2, 0.25) is 0 Å². The van der Waals surface area contributed by atoms with Crippen molar-refractivity contribution in [2.24, 2.45) is 0 Å². The summed E-state index contributed by atoms with van der Waals surface area (Å²) in [5.41, 5.74) is 5.53. The molecule has 0 radical (unpaired) electrons. The number of hydrogen-bond acceptors (Lipinski definition) is 4. The van der Waals surface area contributed by atoms with Crippen molar-refractivity contribution in [3.05, 3.63) is 64.9 Å². The predicted octanol–water partition coefficient (Wildman–Crippen LogP) is -3.78. The third-order valence-electron chi connectivity index (χ3n) is 2.74. The van der Waals surface area contributed by atoms with Crippen LogP contribution in [0.15, 0.2) is 42.1 Å². The molecular weight excluding hydrogens is 314 g/mol. The van der Waals surface area contributed by atoms with Crippen molar-refractivity contribution in [3.8, 4) is 11.5 Å². The normalized spacial score (nSPS) is 8.43. The van der Waals surface area contributed by atoms with E-state index in [-0.39, 0.29) is 76.9 Å². The van der Waals surface area contributed by atoms with Gasteiger partial charge in [0, 0.05) is 6.61 Å². The minimum absolute atomic E-state index is 0. The summed E-state index contributed by atoms with van der Waals surface area (Å²) in [5.74, 6) is 0.178. The zero-order valence-corrected chi connectivity index (χ0v) is 17.5. The number of hydrogen-bond donors (Lipinski definition) is 1. The second-order valence-electron chi connectivity index (χ2n) is 4.17. The Balaban J connectivity index is 0. The van der Waals surface area contributed by atoms with E-state index in [4.69, 9.17) is 9.84 Å². The van der Waals surface area contributed by atoms with E-state index in [0.29, 0.717) is 5.75 Å². The molecular formula is C17H15Na2O4-. The molecule has 0 saturated heterocycles. The summed E-state index contributed by atoms with van der Waals surface area (Å²) >= 11 is 0. The van der Waals surface area contributed by atoms with Crippen molar-refractivity contribution in [1.29, 1.82) is 0 Å². The van der Waals surface area contributed by atoms with E-state index in [1.165, 1.54) is 13.2 Å². The van der Waals surface area contributed by atoms with Crippen molar-refractivity contribution < 1.29 is 79.5 Å². The van der Waals surface area contributed by atoms with E-state index in [1.54, 1.807) is 30.4 Å². The third kappa shape index (κ3) is 7.73. The molecule has 0 spiro atoms. The molecule has 0 bridgehead atoms. The van der Waals surface area contributed by atoms with Crippen LogP contribution in [0.1, 0.15) is 16.7 Å². The molecule has 23 heavy (non-hydrogen) atoms. The Bertz CT molecular complexity index is 665. The van der Waals surface area contributed by atoms with Crippen LogP contribution < -0.4 is 69.0 Å². The molecule has 6 heteroatoms. The Morgan fingerprint density at radius 1 is 1.17 bits per heavy atom. The molecule has 0 aliphatic rings. The van der Waals surface area contributed by atoms with Crippen molar-refractivity contribution in [3.63, 3.8) is 0 Å². The summed E-state index contributed by atoms with van der Waals surface area (Å²) in [6.07, 6.45) is 3.56. The number of aliphatic hydroxyl groups is 1. The first kappa shape index (κ1) is 24.7. The van der Waals surface area contributed by atoms with Gasteiger partial charge in [-0.25, -0.2) is 0 Å². The van der Waals surface area contributed by atoms with Gasteiger partial charge in [0.05, 0.1) is 7.11 Å². The Morgan fingerprint density at radius 3 is 2.43 bits per heavy atom. The van der Waals surface area contributed by atoms with Gasteiger partial charge in [0.15, 0.2) is 0 Å². The second kappa shape index (κ2) is 12.8. The SMILES string of the molecule is COc1cc(C=C=Cc2cc[c-]c(CO)c2)ccc1[O-].[Na+].[Na+].[OH-]. The van der Waals surface area contributed by atoms with Crippen molar-refractivity contribution in [1.82, 2.24) is 0 Å². The molecule has 2 rings (SSSR count). The summed E-state index contributed by atoms with van der Waals surface area (Å²) < 4.78 is 4.98. The zero-order chi connectivity index (χ0) is 14.4. The number of methoxy groups -OCH3 is 1. The number of ether oxygens (including phenoxy) is 1. The molecule has 0 aliphatic heterocycles. The molecule has 0 heterocycles. The van der Waals surface area contributed by atoms with Crippen LogP contribution >= 0.6 is 0 Å². The minimum atomic E-state index is -0.139. The predicted molar refractivity (Wildman–Crippen MR) is 78.0 cm³/mol. The van der Waals surface area contributed by atoms with Gasteiger partial charge in [0.25, 0.3) is 0 Å². The molecule has 110 valence electrons. The van der Waals surface area contributed by atoms with Crippen molar-refractivity contribution in [2.45, 2.75) is 6.61 Å². The Hall–Kier alpha value is -0.520. The third-order valence-corrected chi connectivity index (χ3v) is 2.74. The fourth-order valence-electron chi connectivity index (χ4n) is 1.73. The van der Waals surface area contributed by atoms with Crippen LogP contribution in [0.5, 0.6) is 11.5 Å². The van der Waals surface area contributed by atoms with Crippen LogP contribution in [0.4, 0.5) is 0 Å². The quantitative estimate of drug-likeness (QED) is 0.355. The van der Waals surface area contributed by atoms with Crippen LogP contribution in [0.25, 0.3) is 12.2 Å². The molecule has 0 fully saturated rings. The number of benzene rings is 2. The first-order valence-corrected chi connectivity index (χ1v) is 6.12. The summed E-state index contributed by atoms with van der Waals surface area (Å²) in [6.45, 7) is -0.0342. The molecule has 2 aromatic carbocycles. The second-order valence-corrected chi connectivity index (χ2v) is 4.17. The Kier molecular flexibility index (Phi) is 13.8.